The van der Waals surface area contributed by atoms with E-state index < -0.39 is 0 Å². The number of thiophene rings is 1. The number of benzene rings is 2. The summed E-state index contributed by atoms with van der Waals surface area (Å²) in [7, 11) is 1.63. The summed E-state index contributed by atoms with van der Waals surface area (Å²) in [5.74, 6) is 2.17. The smallest absolute Gasteiger partial charge is 0.234 e. The molecule has 2 aromatic heterocycles. The van der Waals surface area contributed by atoms with Crippen molar-refractivity contribution in [1.29, 1.82) is 0 Å². The summed E-state index contributed by atoms with van der Waals surface area (Å²) in [5.41, 5.74) is 1.54. The van der Waals surface area contributed by atoms with E-state index >= 15 is 0 Å². The van der Waals surface area contributed by atoms with Crippen LogP contribution in [0.25, 0.3) is 16.4 Å². The number of carbonyl (C=O) groups excluding carboxylic acids is 1. The Hall–Kier alpha value is -3.30. The van der Waals surface area contributed by atoms with E-state index in [-0.39, 0.29) is 11.7 Å². The predicted octanol–water partition coefficient (Wildman–Crippen LogP) is 5.13. The van der Waals surface area contributed by atoms with Crippen molar-refractivity contribution in [3.05, 3.63) is 66.0 Å². The zero-order valence-electron chi connectivity index (χ0n) is 17.6. The number of rotatable bonds is 9. The summed E-state index contributed by atoms with van der Waals surface area (Å²) in [4.78, 5) is 13.6. The van der Waals surface area contributed by atoms with E-state index in [2.05, 4.69) is 15.5 Å². The molecule has 0 aliphatic heterocycles. The molecule has 164 valence electrons. The molecule has 0 saturated carbocycles. The van der Waals surface area contributed by atoms with E-state index in [9.17, 15) is 4.79 Å². The number of amides is 1. The number of nitrogens with one attached hydrogen (secondary N) is 1. The first-order valence-electron chi connectivity index (χ1n) is 9.97. The SMILES string of the molecule is CCOc1ccccc1NC(=O)CSc1nnc(-c2cccs2)n1-c1ccc(OC)cc1. The Balaban J connectivity index is 1.55. The Kier molecular flexibility index (Phi) is 7.08. The number of hydrogen-bond donors (Lipinski definition) is 1. The standard InChI is InChI=1S/C23H22N4O3S2/c1-3-30-19-8-5-4-7-18(19)24-21(28)15-32-23-26-25-22(20-9-6-14-31-20)27(23)16-10-12-17(29-2)13-11-16/h4-14H,3,15H2,1-2H3,(H,24,28). The molecule has 32 heavy (non-hydrogen) atoms. The van der Waals surface area contributed by atoms with E-state index in [4.69, 9.17) is 9.47 Å². The quantitative estimate of drug-likeness (QED) is 0.345. The van der Waals surface area contributed by atoms with Crippen LogP contribution in [0.3, 0.4) is 0 Å². The lowest BCUT2D eigenvalue weighted by molar-refractivity contribution is -0.113. The fourth-order valence-electron chi connectivity index (χ4n) is 3.06. The van der Waals surface area contributed by atoms with Gasteiger partial charge in [0.15, 0.2) is 11.0 Å². The Morgan fingerprint density at radius 2 is 1.91 bits per heavy atom. The third-order valence-electron chi connectivity index (χ3n) is 4.50. The number of para-hydroxylation sites is 2. The average molecular weight is 467 g/mol. The maximum atomic E-state index is 12.6. The number of thioether (sulfide) groups is 1. The van der Waals surface area contributed by atoms with Gasteiger partial charge in [0.2, 0.25) is 5.91 Å². The van der Waals surface area contributed by atoms with Crippen LogP contribution in [0.1, 0.15) is 6.92 Å². The van der Waals surface area contributed by atoms with E-state index in [0.717, 1.165) is 22.1 Å². The molecule has 0 aliphatic rings. The van der Waals surface area contributed by atoms with Crippen LogP contribution in [0.4, 0.5) is 5.69 Å². The second-order valence-electron chi connectivity index (χ2n) is 6.58. The highest BCUT2D eigenvalue weighted by Crippen LogP contribution is 2.31. The molecule has 0 spiro atoms. The van der Waals surface area contributed by atoms with Gasteiger partial charge in [0, 0.05) is 0 Å². The summed E-state index contributed by atoms with van der Waals surface area (Å²) in [6, 6.07) is 19.0. The molecule has 4 rings (SSSR count). The van der Waals surface area contributed by atoms with Crippen LogP contribution in [-0.4, -0.2) is 40.1 Å². The molecule has 1 N–H and O–H groups in total. The molecule has 0 aliphatic carbocycles. The summed E-state index contributed by atoms with van der Waals surface area (Å²) < 4.78 is 12.8. The number of nitrogens with zero attached hydrogens (tertiary/aromatic N) is 3. The number of anilines is 1. The van der Waals surface area contributed by atoms with Crippen LogP contribution < -0.4 is 14.8 Å². The van der Waals surface area contributed by atoms with Gasteiger partial charge < -0.3 is 14.8 Å². The summed E-state index contributed by atoms with van der Waals surface area (Å²) in [6.45, 7) is 2.43. The highest BCUT2D eigenvalue weighted by Gasteiger charge is 2.18. The van der Waals surface area contributed by atoms with Crippen LogP contribution in [0.5, 0.6) is 11.5 Å². The van der Waals surface area contributed by atoms with Crippen molar-refractivity contribution < 1.29 is 14.3 Å². The van der Waals surface area contributed by atoms with Gasteiger partial charge in [-0.3, -0.25) is 9.36 Å². The van der Waals surface area contributed by atoms with Gasteiger partial charge >= 0.3 is 0 Å². The minimum atomic E-state index is -0.149. The highest BCUT2D eigenvalue weighted by molar-refractivity contribution is 7.99. The minimum absolute atomic E-state index is 0.149. The molecule has 0 unspecified atom stereocenters. The first-order chi connectivity index (χ1) is 15.7. The van der Waals surface area contributed by atoms with Gasteiger partial charge in [0.25, 0.3) is 0 Å². The van der Waals surface area contributed by atoms with E-state index in [1.54, 1.807) is 18.4 Å². The topological polar surface area (TPSA) is 78.3 Å². The van der Waals surface area contributed by atoms with Crippen LogP contribution >= 0.6 is 23.1 Å². The fourth-order valence-corrected chi connectivity index (χ4v) is 4.51. The zero-order chi connectivity index (χ0) is 22.3. The lowest BCUT2D eigenvalue weighted by Crippen LogP contribution is -2.15. The molecular formula is C23H22N4O3S2. The van der Waals surface area contributed by atoms with Crippen molar-refractivity contribution >= 4 is 34.7 Å². The van der Waals surface area contributed by atoms with Gasteiger partial charge in [-0.15, -0.1) is 21.5 Å². The number of methoxy groups -OCH3 is 1. The maximum Gasteiger partial charge on any atom is 0.234 e. The van der Waals surface area contributed by atoms with Crippen molar-refractivity contribution in [2.24, 2.45) is 0 Å². The van der Waals surface area contributed by atoms with E-state index in [1.807, 2.05) is 77.5 Å². The van der Waals surface area contributed by atoms with Crippen LogP contribution in [-0.2, 0) is 4.79 Å². The molecule has 0 fully saturated rings. The minimum Gasteiger partial charge on any atom is -0.497 e. The highest BCUT2D eigenvalue weighted by atomic mass is 32.2. The molecule has 2 aromatic carbocycles. The summed E-state index contributed by atoms with van der Waals surface area (Å²) in [5, 5.41) is 14.3. The normalized spacial score (nSPS) is 10.7. The summed E-state index contributed by atoms with van der Waals surface area (Å²) in [6.07, 6.45) is 0. The average Bonchev–Trinajstić information content (AvgIpc) is 3.49. The second kappa shape index (κ2) is 10.3. The third-order valence-corrected chi connectivity index (χ3v) is 6.29. The van der Waals surface area contributed by atoms with E-state index in [0.29, 0.717) is 23.2 Å². The van der Waals surface area contributed by atoms with Crippen LogP contribution in [0, 0.1) is 0 Å². The second-order valence-corrected chi connectivity index (χ2v) is 8.47. The predicted molar refractivity (Wildman–Crippen MR) is 128 cm³/mol. The molecule has 7 nitrogen and oxygen atoms in total. The number of hydrogen-bond acceptors (Lipinski definition) is 7. The first kappa shape index (κ1) is 21.9. The van der Waals surface area contributed by atoms with Crippen molar-refractivity contribution in [1.82, 2.24) is 14.8 Å². The van der Waals surface area contributed by atoms with Crippen molar-refractivity contribution in [3.8, 4) is 27.9 Å². The maximum absolute atomic E-state index is 12.6. The lowest BCUT2D eigenvalue weighted by Gasteiger charge is -2.12. The molecule has 0 radical (unpaired) electrons. The van der Waals surface area contributed by atoms with Crippen molar-refractivity contribution in [2.45, 2.75) is 12.1 Å². The molecule has 2 heterocycles. The number of aromatic nitrogens is 3. The Morgan fingerprint density at radius 3 is 2.62 bits per heavy atom. The van der Waals surface area contributed by atoms with Crippen molar-refractivity contribution in [2.75, 3.05) is 24.8 Å². The Morgan fingerprint density at radius 1 is 1.09 bits per heavy atom. The van der Waals surface area contributed by atoms with Gasteiger partial charge in [-0.25, -0.2) is 0 Å². The molecule has 0 bridgehead atoms. The molecule has 0 atom stereocenters. The molecule has 0 saturated heterocycles. The van der Waals surface area contributed by atoms with Gasteiger partial charge in [-0.05, 0) is 54.8 Å². The Bertz CT molecular complexity index is 1170. The lowest BCUT2D eigenvalue weighted by atomic mass is 10.3. The number of carbonyl (C=O) groups is 1. The van der Waals surface area contributed by atoms with Crippen molar-refractivity contribution in [3.63, 3.8) is 0 Å². The van der Waals surface area contributed by atoms with Gasteiger partial charge in [-0.2, -0.15) is 0 Å². The van der Waals surface area contributed by atoms with Gasteiger partial charge in [0.1, 0.15) is 11.5 Å². The Labute approximate surface area is 194 Å². The van der Waals surface area contributed by atoms with Crippen LogP contribution in [0.15, 0.2) is 71.2 Å². The number of ether oxygens (including phenoxy) is 2. The zero-order valence-corrected chi connectivity index (χ0v) is 19.3. The summed E-state index contributed by atoms with van der Waals surface area (Å²) >= 11 is 2.91. The molecule has 4 aromatic rings. The van der Waals surface area contributed by atoms with E-state index in [1.165, 1.54) is 11.8 Å². The molecule has 1 amide bonds. The van der Waals surface area contributed by atoms with Crippen LogP contribution in [0.2, 0.25) is 0 Å². The monoisotopic (exact) mass is 466 g/mol. The molecule has 9 heteroatoms. The van der Waals surface area contributed by atoms with Gasteiger partial charge in [0.05, 0.1) is 35.7 Å². The largest absolute Gasteiger partial charge is 0.497 e. The third kappa shape index (κ3) is 4.95. The first-order valence-corrected chi connectivity index (χ1v) is 11.8. The fraction of sp³-hybridized carbons (Fsp3) is 0.174. The molecular weight excluding hydrogens is 444 g/mol. The van der Waals surface area contributed by atoms with Gasteiger partial charge in [-0.1, -0.05) is 30.0 Å².